The number of aromatic nitrogens is 2. The van der Waals surface area contributed by atoms with Crippen molar-refractivity contribution in [3.63, 3.8) is 0 Å². The molecular formula is C22H28F3N5O5. The van der Waals surface area contributed by atoms with Gasteiger partial charge in [0, 0.05) is 32.7 Å². The van der Waals surface area contributed by atoms with Gasteiger partial charge in [0.05, 0.1) is 17.3 Å². The van der Waals surface area contributed by atoms with Crippen molar-refractivity contribution < 1.29 is 32.4 Å². The summed E-state index contributed by atoms with van der Waals surface area (Å²) in [6.45, 7) is 5.57. The van der Waals surface area contributed by atoms with E-state index in [-0.39, 0.29) is 31.3 Å². The quantitative estimate of drug-likeness (QED) is 0.445. The Morgan fingerprint density at radius 1 is 1.31 bits per heavy atom. The predicted molar refractivity (Wildman–Crippen MR) is 121 cm³/mol. The van der Waals surface area contributed by atoms with Crippen molar-refractivity contribution in [1.82, 2.24) is 15.1 Å². The van der Waals surface area contributed by atoms with Crippen LogP contribution in [0.15, 0.2) is 24.5 Å². The van der Waals surface area contributed by atoms with E-state index in [1.54, 1.807) is 27.8 Å². The number of carbonyl (C=O) groups excluding carboxylic acids is 1. The summed E-state index contributed by atoms with van der Waals surface area (Å²) in [5.74, 6) is -0.726. The predicted octanol–water partition coefficient (Wildman–Crippen LogP) is 4.88. The first-order valence-electron chi connectivity index (χ1n) is 11.0. The van der Waals surface area contributed by atoms with E-state index < -0.39 is 45.5 Å². The number of nitro benzene ring substituents is 1. The highest BCUT2D eigenvalue weighted by molar-refractivity contribution is 5.73. The van der Waals surface area contributed by atoms with Crippen LogP contribution >= 0.6 is 0 Å². The van der Waals surface area contributed by atoms with Gasteiger partial charge in [-0.25, -0.2) is 4.79 Å². The lowest BCUT2D eigenvalue weighted by atomic mass is 9.96. The van der Waals surface area contributed by atoms with Crippen LogP contribution in [0.4, 0.5) is 29.3 Å². The van der Waals surface area contributed by atoms with E-state index in [9.17, 15) is 28.1 Å². The molecular weight excluding hydrogens is 471 g/mol. The van der Waals surface area contributed by atoms with E-state index in [0.29, 0.717) is 12.8 Å². The SMILES string of the molecule is Cn1cc(Oc2ccc([N+](=O)[O-])c(N3CCC[C@@H](CNC(=O)OC(C)(C)C)C3)c2C(F)(F)F)cn1. The number of hydrogen-bond acceptors (Lipinski definition) is 7. The van der Waals surface area contributed by atoms with Crippen molar-refractivity contribution in [3.05, 3.63) is 40.2 Å². The van der Waals surface area contributed by atoms with Crippen LogP contribution in [0.3, 0.4) is 0 Å². The molecule has 0 bridgehead atoms. The molecule has 1 amide bonds. The fourth-order valence-corrected chi connectivity index (χ4v) is 3.94. The molecule has 1 aromatic heterocycles. The van der Waals surface area contributed by atoms with Gasteiger partial charge < -0.3 is 19.7 Å². The number of carbonyl (C=O) groups is 1. The first-order valence-corrected chi connectivity index (χ1v) is 11.0. The monoisotopic (exact) mass is 499 g/mol. The summed E-state index contributed by atoms with van der Waals surface area (Å²) in [5, 5.41) is 18.2. The van der Waals surface area contributed by atoms with Gasteiger partial charge in [0.2, 0.25) is 0 Å². The van der Waals surface area contributed by atoms with Crippen molar-refractivity contribution >= 4 is 17.5 Å². The number of anilines is 1. The fraction of sp³-hybridized carbons (Fsp3) is 0.545. The second-order valence-electron chi connectivity index (χ2n) is 9.35. The highest BCUT2D eigenvalue weighted by atomic mass is 19.4. The molecule has 1 aromatic carbocycles. The molecule has 2 aromatic rings. The van der Waals surface area contributed by atoms with Gasteiger partial charge in [-0.3, -0.25) is 14.8 Å². The number of aryl methyl sites for hydroxylation is 1. The topological polar surface area (TPSA) is 112 Å². The van der Waals surface area contributed by atoms with E-state index in [4.69, 9.17) is 9.47 Å². The zero-order valence-electron chi connectivity index (χ0n) is 19.9. The van der Waals surface area contributed by atoms with Crippen LogP contribution in [0.1, 0.15) is 39.2 Å². The maximum absolute atomic E-state index is 14.3. The number of halogens is 3. The molecule has 0 saturated carbocycles. The second kappa shape index (κ2) is 10.0. The number of rotatable bonds is 6. The van der Waals surface area contributed by atoms with Crippen LogP contribution in [0.2, 0.25) is 0 Å². The van der Waals surface area contributed by atoms with Crippen molar-refractivity contribution in [2.45, 2.75) is 45.4 Å². The molecule has 1 atom stereocenters. The molecule has 10 nitrogen and oxygen atoms in total. The van der Waals surface area contributed by atoms with E-state index >= 15 is 0 Å². The lowest BCUT2D eigenvalue weighted by molar-refractivity contribution is -0.384. The summed E-state index contributed by atoms with van der Waals surface area (Å²) in [6.07, 6.45) is -1.80. The Balaban J connectivity index is 1.93. The largest absolute Gasteiger partial charge is 0.453 e. The van der Waals surface area contributed by atoms with Crippen LogP contribution in [0.5, 0.6) is 11.5 Å². The number of alkyl halides is 3. The third-order valence-electron chi connectivity index (χ3n) is 5.28. The molecule has 2 heterocycles. The maximum atomic E-state index is 14.3. The zero-order chi connectivity index (χ0) is 26.0. The lowest BCUT2D eigenvalue weighted by Gasteiger charge is -2.35. The molecule has 1 saturated heterocycles. The van der Waals surface area contributed by atoms with E-state index in [2.05, 4.69) is 10.4 Å². The van der Waals surface area contributed by atoms with Gasteiger partial charge in [-0.2, -0.15) is 18.3 Å². The molecule has 1 fully saturated rings. The summed E-state index contributed by atoms with van der Waals surface area (Å²) in [6, 6.07) is 1.96. The number of benzene rings is 1. The van der Waals surface area contributed by atoms with Crippen molar-refractivity contribution in [1.29, 1.82) is 0 Å². The number of ether oxygens (including phenoxy) is 2. The zero-order valence-corrected chi connectivity index (χ0v) is 19.9. The van der Waals surface area contributed by atoms with Crippen LogP contribution in [-0.4, -0.2) is 46.0 Å². The molecule has 3 rings (SSSR count). The first kappa shape index (κ1) is 26.1. The number of nitrogens with zero attached hydrogens (tertiary/aromatic N) is 4. The number of amides is 1. The number of nitrogens with one attached hydrogen (secondary N) is 1. The van der Waals surface area contributed by atoms with Gasteiger partial charge in [0.25, 0.3) is 5.69 Å². The Hall–Kier alpha value is -3.51. The average molecular weight is 499 g/mol. The Labute approximate surface area is 200 Å². The normalized spacial score (nSPS) is 16.7. The number of hydrogen-bond donors (Lipinski definition) is 1. The van der Waals surface area contributed by atoms with Gasteiger partial charge in [0.15, 0.2) is 5.75 Å². The smallest absolute Gasteiger partial charge is 0.422 e. The van der Waals surface area contributed by atoms with Crippen molar-refractivity contribution in [2.75, 3.05) is 24.5 Å². The number of nitro groups is 1. The van der Waals surface area contributed by atoms with Gasteiger partial charge in [-0.1, -0.05) is 0 Å². The summed E-state index contributed by atoms with van der Waals surface area (Å²) in [7, 11) is 1.58. The summed E-state index contributed by atoms with van der Waals surface area (Å²) in [5.41, 5.74) is -3.14. The number of alkyl carbamates (subject to hydrolysis) is 1. The van der Waals surface area contributed by atoms with Gasteiger partial charge >= 0.3 is 12.3 Å². The molecule has 35 heavy (non-hydrogen) atoms. The van der Waals surface area contributed by atoms with Gasteiger partial charge in [0.1, 0.15) is 22.6 Å². The lowest BCUT2D eigenvalue weighted by Crippen LogP contribution is -2.43. The standard InChI is InChI=1S/C22H28F3N5O5/c1-21(2,3)35-20(31)26-10-14-6-5-9-29(12-14)19-16(30(32)33)7-8-17(18(19)22(23,24)25)34-15-11-27-28(4)13-15/h7-8,11,13-14H,5-6,9-10,12H2,1-4H3,(H,26,31)/t14-/m0/s1. The van der Waals surface area contributed by atoms with E-state index in [0.717, 1.165) is 12.1 Å². The maximum Gasteiger partial charge on any atom is 0.422 e. The highest BCUT2D eigenvalue weighted by Crippen LogP contribution is 2.49. The first-order chi connectivity index (χ1) is 16.2. The molecule has 1 aliphatic heterocycles. The summed E-state index contributed by atoms with van der Waals surface area (Å²) < 4.78 is 54.9. The molecule has 1 N–H and O–H groups in total. The molecule has 192 valence electrons. The third-order valence-corrected chi connectivity index (χ3v) is 5.28. The Bertz CT molecular complexity index is 1080. The second-order valence-corrected chi connectivity index (χ2v) is 9.35. The minimum absolute atomic E-state index is 0.0656. The molecule has 0 unspecified atom stereocenters. The molecule has 0 aliphatic carbocycles. The third kappa shape index (κ3) is 6.76. The highest BCUT2D eigenvalue weighted by Gasteiger charge is 2.43. The molecule has 0 radical (unpaired) electrons. The minimum Gasteiger partial charge on any atom is -0.453 e. The molecule has 1 aliphatic rings. The Morgan fingerprint density at radius 2 is 2.03 bits per heavy atom. The van der Waals surface area contributed by atoms with Crippen LogP contribution in [-0.2, 0) is 18.0 Å². The average Bonchev–Trinajstić information content (AvgIpc) is 3.14. The van der Waals surface area contributed by atoms with Crippen LogP contribution in [0.25, 0.3) is 0 Å². The van der Waals surface area contributed by atoms with Gasteiger partial charge in [-0.15, -0.1) is 0 Å². The van der Waals surface area contributed by atoms with Crippen molar-refractivity contribution in [3.8, 4) is 11.5 Å². The molecule has 0 spiro atoms. The van der Waals surface area contributed by atoms with Crippen molar-refractivity contribution in [2.24, 2.45) is 13.0 Å². The summed E-state index contributed by atoms with van der Waals surface area (Å²) in [4.78, 5) is 24.2. The van der Waals surface area contributed by atoms with Gasteiger partial charge in [-0.05, 0) is 45.6 Å². The van der Waals surface area contributed by atoms with E-state index in [1.165, 1.54) is 22.0 Å². The Morgan fingerprint density at radius 3 is 2.60 bits per heavy atom. The Kier molecular flexibility index (Phi) is 7.46. The fourth-order valence-electron chi connectivity index (χ4n) is 3.94. The number of piperidine rings is 1. The minimum atomic E-state index is -4.93. The molecule has 13 heteroatoms. The van der Waals surface area contributed by atoms with Crippen LogP contribution < -0.4 is 15.0 Å². The summed E-state index contributed by atoms with van der Waals surface area (Å²) >= 11 is 0. The van der Waals surface area contributed by atoms with Crippen LogP contribution in [0, 0.1) is 16.0 Å². The van der Waals surface area contributed by atoms with E-state index in [1.807, 2.05) is 0 Å².